The summed E-state index contributed by atoms with van der Waals surface area (Å²) in [5, 5.41) is 24.0. The summed E-state index contributed by atoms with van der Waals surface area (Å²) in [5.74, 6) is 0. The first-order valence-electron chi connectivity index (χ1n) is 6.96. The van der Waals surface area contributed by atoms with E-state index >= 15 is 0 Å². The van der Waals surface area contributed by atoms with Gasteiger partial charge in [-0.1, -0.05) is 6.42 Å². The largest absolute Gasteiger partial charge is 0.758 e. The zero-order valence-corrected chi connectivity index (χ0v) is 11.3. The first-order chi connectivity index (χ1) is 10.1. The van der Waals surface area contributed by atoms with Gasteiger partial charge in [-0.05, 0) is 25.0 Å². The number of nitro groups is 1. The Balaban J connectivity index is 1.93. The average molecular weight is 289 g/mol. The minimum Gasteiger partial charge on any atom is -0.758 e. The van der Waals surface area contributed by atoms with Crippen LogP contribution < -0.4 is 0 Å². The van der Waals surface area contributed by atoms with E-state index in [4.69, 9.17) is 0 Å². The second kappa shape index (κ2) is 5.25. The van der Waals surface area contributed by atoms with Crippen molar-refractivity contribution in [2.75, 3.05) is 0 Å². The molecular weight excluding hydrogens is 274 g/mol. The number of hydrogen-bond acceptors (Lipinski definition) is 5. The van der Waals surface area contributed by atoms with Crippen LogP contribution in [0.1, 0.15) is 31.2 Å². The molecule has 0 saturated heterocycles. The number of non-ortho nitro benzene ring substituents is 1. The van der Waals surface area contributed by atoms with Crippen molar-refractivity contribution in [2.45, 2.75) is 37.8 Å². The molecule has 0 radical (unpaired) electrons. The normalized spacial score (nSPS) is 25.3. The molecule has 21 heavy (non-hydrogen) atoms. The van der Waals surface area contributed by atoms with Crippen molar-refractivity contribution in [3.63, 3.8) is 0 Å². The summed E-state index contributed by atoms with van der Waals surface area (Å²) in [5.41, 5.74) is 0.769. The molecule has 0 N–H and O–H groups in total. The molecule has 1 aromatic rings. The molecule has 1 aliphatic carbocycles. The minimum atomic E-state index is -0.495. The summed E-state index contributed by atoms with van der Waals surface area (Å²) in [6.07, 6.45) is 4.66. The molecule has 2 aliphatic rings. The van der Waals surface area contributed by atoms with Crippen LogP contribution in [0.15, 0.2) is 30.5 Å². The Morgan fingerprint density at radius 1 is 1.19 bits per heavy atom. The zero-order chi connectivity index (χ0) is 15.0. The summed E-state index contributed by atoms with van der Waals surface area (Å²) < 4.78 is 0.870. The van der Waals surface area contributed by atoms with E-state index in [1.165, 1.54) is 30.5 Å². The van der Waals surface area contributed by atoms with Crippen molar-refractivity contribution in [1.29, 1.82) is 0 Å². The van der Waals surface area contributed by atoms with Gasteiger partial charge in [-0.2, -0.15) is 0 Å². The third kappa shape index (κ3) is 2.40. The van der Waals surface area contributed by atoms with Crippen molar-refractivity contribution in [3.8, 4) is 0 Å². The van der Waals surface area contributed by atoms with E-state index in [-0.39, 0.29) is 23.5 Å². The van der Waals surface area contributed by atoms with Crippen LogP contribution in [0.2, 0.25) is 0 Å². The summed E-state index contributed by atoms with van der Waals surface area (Å²) in [7, 11) is 0. The molecule has 1 fully saturated rings. The Morgan fingerprint density at radius 2 is 1.86 bits per heavy atom. The fraction of sp³-hybridized carbons (Fsp3) is 0.429. The van der Waals surface area contributed by atoms with Crippen molar-refractivity contribution in [2.24, 2.45) is 0 Å². The van der Waals surface area contributed by atoms with E-state index in [0.717, 1.165) is 29.1 Å². The lowest BCUT2D eigenvalue weighted by Crippen LogP contribution is -2.49. The summed E-state index contributed by atoms with van der Waals surface area (Å²) in [6, 6.07) is 5.08. The van der Waals surface area contributed by atoms with Crippen molar-refractivity contribution >= 4 is 11.4 Å². The highest BCUT2D eigenvalue weighted by molar-refractivity contribution is 5.65. The molecule has 1 heterocycles. The summed E-state index contributed by atoms with van der Waals surface area (Å²) in [6.45, 7) is 0. The van der Waals surface area contributed by atoms with Crippen LogP contribution >= 0.6 is 0 Å². The molecule has 0 bridgehead atoms. The second-order valence-corrected chi connectivity index (χ2v) is 5.42. The maximum atomic E-state index is 12.5. The fourth-order valence-electron chi connectivity index (χ4n) is 3.07. The second-order valence-electron chi connectivity index (χ2n) is 5.42. The highest BCUT2D eigenvalue weighted by Crippen LogP contribution is 2.34. The molecule has 2 atom stereocenters. The van der Waals surface area contributed by atoms with Crippen LogP contribution in [-0.2, 0) is 0 Å². The van der Waals surface area contributed by atoms with Gasteiger partial charge >= 0.3 is 0 Å². The van der Waals surface area contributed by atoms with Crippen LogP contribution in [0.3, 0.4) is 0 Å². The lowest BCUT2D eigenvalue weighted by molar-refractivity contribution is -0.536. The first kappa shape index (κ1) is 13.7. The third-order valence-corrected chi connectivity index (χ3v) is 4.18. The molecule has 0 amide bonds. The number of hydrogen-bond donors (Lipinski definition) is 0. The molecule has 7 nitrogen and oxygen atoms in total. The van der Waals surface area contributed by atoms with Crippen molar-refractivity contribution < 1.29 is 9.68 Å². The molecule has 0 spiro atoms. The van der Waals surface area contributed by atoms with Crippen LogP contribution in [0.4, 0.5) is 5.69 Å². The molecule has 1 aromatic carbocycles. The Hall–Kier alpha value is -2.28. The number of nitrogens with zero attached hydrogens (tertiary/aromatic N) is 3. The first-order valence-corrected chi connectivity index (χ1v) is 6.96. The predicted molar refractivity (Wildman–Crippen MR) is 76.0 cm³/mol. The highest BCUT2D eigenvalue weighted by atomic mass is 16.6. The third-order valence-electron chi connectivity index (χ3n) is 4.18. The number of fused-ring (bicyclic) bond motifs is 1. The van der Waals surface area contributed by atoms with Crippen LogP contribution in [-0.4, -0.2) is 26.8 Å². The van der Waals surface area contributed by atoms with Gasteiger partial charge in [0.1, 0.15) is 5.70 Å². The van der Waals surface area contributed by atoms with Gasteiger partial charge in [0.15, 0.2) is 0 Å². The molecular formula is C14H15N3O4. The fourth-order valence-corrected chi connectivity index (χ4v) is 3.07. The van der Waals surface area contributed by atoms with Gasteiger partial charge in [-0.3, -0.25) is 10.1 Å². The number of nitro benzene ring substituents is 1. The van der Waals surface area contributed by atoms with Crippen LogP contribution in [0, 0.1) is 20.2 Å². The van der Waals surface area contributed by atoms with Gasteiger partial charge in [0, 0.05) is 33.8 Å². The van der Waals surface area contributed by atoms with Crippen LogP contribution in [0.25, 0.3) is 5.70 Å². The van der Waals surface area contributed by atoms with Gasteiger partial charge in [0.25, 0.3) is 5.69 Å². The number of hydroxylamine groups is 2. The Kier molecular flexibility index (Phi) is 3.42. The lowest BCUT2D eigenvalue weighted by Gasteiger charge is -2.44. The number of benzene rings is 1. The molecule has 0 unspecified atom stereocenters. The predicted octanol–water partition coefficient (Wildman–Crippen LogP) is 2.80. The van der Waals surface area contributed by atoms with Crippen molar-refractivity contribution in [3.05, 3.63) is 56.3 Å². The van der Waals surface area contributed by atoms with Crippen LogP contribution in [0.5, 0.6) is 0 Å². The zero-order valence-electron chi connectivity index (χ0n) is 11.3. The van der Waals surface area contributed by atoms with E-state index in [9.17, 15) is 20.2 Å². The molecule has 0 aromatic heterocycles. The maximum absolute atomic E-state index is 12.5. The standard InChI is InChI=1S/C14H15N3O4/c18-15-9-14(10-5-7-11(8-6-10)17(20)21)16(19)13-4-2-1-3-12(13)15/h5-9,12-13H,1-4H2/t12-,13-/m1/s1. The Morgan fingerprint density at radius 3 is 2.52 bits per heavy atom. The average Bonchev–Trinajstić information content (AvgIpc) is 2.51. The van der Waals surface area contributed by atoms with Gasteiger partial charge in [0.05, 0.1) is 11.0 Å². The van der Waals surface area contributed by atoms with E-state index in [0.29, 0.717) is 12.0 Å². The highest BCUT2D eigenvalue weighted by Gasteiger charge is 2.41. The van der Waals surface area contributed by atoms with E-state index < -0.39 is 4.92 Å². The number of nitroso groups, excluding NO2 is 1. The van der Waals surface area contributed by atoms with Crippen molar-refractivity contribution in [1.82, 2.24) is 5.06 Å². The number of rotatable bonds is 2. The minimum absolute atomic E-state index is 0.0397. The van der Waals surface area contributed by atoms with Gasteiger partial charge in [-0.25, -0.2) is 0 Å². The van der Waals surface area contributed by atoms with Gasteiger partial charge in [0.2, 0.25) is 12.2 Å². The van der Waals surface area contributed by atoms with Gasteiger partial charge < -0.3 is 10.3 Å². The monoisotopic (exact) mass is 289 g/mol. The Labute approximate surface area is 121 Å². The smallest absolute Gasteiger partial charge is 0.269 e. The lowest BCUT2D eigenvalue weighted by atomic mass is 9.88. The SMILES string of the molecule is O=[N+]([O-])c1ccc(C2=C[N+](=O)[C@@H]3CCCC[C@H]3N2[O-])cc1. The molecule has 110 valence electrons. The van der Waals surface area contributed by atoms with Gasteiger partial charge in [-0.15, -0.1) is 0 Å². The quantitative estimate of drug-likeness (QED) is 0.474. The molecule has 3 rings (SSSR count). The van der Waals surface area contributed by atoms with E-state index in [1.54, 1.807) is 0 Å². The summed E-state index contributed by atoms with van der Waals surface area (Å²) in [4.78, 5) is 22.3. The molecule has 1 aliphatic heterocycles. The molecule has 7 heteroatoms. The summed E-state index contributed by atoms with van der Waals surface area (Å²) >= 11 is 0. The van der Waals surface area contributed by atoms with E-state index in [2.05, 4.69) is 0 Å². The molecule has 1 saturated carbocycles. The maximum Gasteiger partial charge on any atom is 0.269 e. The topological polar surface area (TPSA) is 89.5 Å². The van der Waals surface area contributed by atoms with E-state index in [1.807, 2.05) is 0 Å². The Bertz CT molecular complexity index is 611.